The molecule has 0 bridgehead atoms. The zero-order chi connectivity index (χ0) is 24.2. The Bertz CT molecular complexity index is 1300. The molecule has 3 rings (SSSR count). The molecule has 1 aromatic heterocycles. The van der Waals surface area contributed by atoms with Crippen LogP contribution in [0.5, 0.6) is 11.5 Å². The summed E-state index contributed by atoms with van der Waals surface area (Å²) < 4.78 is 40.8. The van der Waals surface area contributed by atoms with E-state index in [9.17, 15) is 13.2 Å². The van der Waals surface area contributed by atoms with E-state index in [-0.39, 0.29) is 4.90 Å². The molecular weight excluding hydrogens is 462 g/mol. The van der Waals surface area contributed by atoms with E-state index in [1.54, 1.807) is 24.9 Å². The summed E-state index contributed by atoms with van der Waals surface area (Å²) in [5.74, 6) is 0.817. The van der Waals surface area contributed by atoms with E-state index in [0.717, 1.165) is 23.1 Å². The Balaban J connectivity index is 1.95. The highest BCUT2D eigenvalue weighted by Crippen LogP contribution is 2.32. The van der Waals surface area contributed by atoms with E-state index >= 15 is 0 Å². The minimum Gasteiger partial charge on any atom is -0.497 e. The Hall–Kier alpha value is -2.69. The van der Waals surface area contributed by atoms with Crippen molar-refractivity contribution in [1.82, 2.24) is 8.87 Å². The van der Waals surface area contributed by atoms with Gasteiger partial charge in [0, 0.05) is 31.8 Å². The van der Waals surface area contributed by atoms with Crippen LogP contribution >= 0.6 is 11.3 Å². The van der Waals surface area contributed by atoms with Gasteiger partial charge in [-0.2, -0.15) is 9.30 Å². The standard InChI is InChI=1S/C23H29N3O5S2/c1-6-12-26(13-7-2)33(28,29)18-10-8-16(9-11-18)22(27)24-23-25(3)21-19(31-5)14-17(30-4)15-20(21)32-23/h8-11,14-15H,6-7,12-13H2,1-5H3. The van der Waals surface area contributed by atoms with Crippen LogP contribution in [0.2, 0.25) is 0 Å². The third-order valence-electron chi connectivity index (χ3n) is 5.17. The molecule has 0 saturated carbocycles. The van der Waals surface area contributed by atoms with Gasteiger partial charge in [-0.05, 0) is 43.2 Å². The lowest BCUT2D eigenvalue weighted by Gasteiger charge is -2.21. The molecule has 3 aromatic rings. The quantitative estimate of drug-likeness (QED) is 0.454. The number of aryl methyl sites for hydroxylation is 1. The lowest BCUT2D eigenvalue weighted by atomic mass is 10.2. The van der Waals surface area contributed by atoms with Crippen molar-refractivity contribution >= 4 is 37.5 Å². The predicted molar refractivity (Wildman–Crippen MR) is 130 cm³/mol. The molecule has 0 aliphatic carbocycles. The third-order valence-corrected chi connectivity index (χ3v) is 8.17. The highest BCUT2D eigenvalue weighted by atomic mass is 32.2. The summed E-state index contributed by atoms with van der Waals surface area (Å²) in [7, 11) is 1.36. The first-order valence-corrected chi connectivity index (χ1v) is 12.9. The van der Waals surface area contributed by atoms with E-state index in [0.29, 0.717) is 35.0 Å². The molecule has 2 aromatic carbocycles. The summed E-state index contributed by atoms with van der Waals surface area (Å²) in [5.41, 5.74) is 1.12. The van der Waals surface area contributed by atoms with Crippen molar-refractivity contribution < 1.29 is 22.7 Å². The van der Waals surface area contributed by atoms with Crippen LogP contribution in [0.15, 0.2) is 46.3 Å². The van der Waals surface area contributed by atoms with Gasteiger partial charge < -0.3 is 14.0 Å². The maximum absolute atomic E-state index is 12.9. The van der Waals surface area contributed by atoms with Gasteiger partial charge in [-0.15, -0.1) is 0 Å². The van der Waals surface area contributed by atoms with Crippen LogP contribution in [-0.2, 0) is 17.1 Å². The Morgan fingerprint density at radius 1 is 1.06 bits per heavy atom. The Labute approximate surface area is 198 Å². The van der Waals surface area contributed by atoms with Crippen molar-refractivity contribution in [2.24, 2.45) is 12.0 Å². The van der Waals surface area contributed by atoms with Crippen molar-refractivity contribution in [3.63, 3.8) is 0 Å². The number of hydrogen-bond acceptors (Lipinski definition) is 6. The minimum absolute atomic E-state index is 0.171. The van der Waals surface area contributed by atoms with Gasteiger partial charge in [-0.25, -0.2) is 8.42 Å². The van der Waals surface area contributed by atoms with Crippen molar-refractivity contribution in [2.45, 2.75) is 31.6 Å². The van der Waals surface area contributed by atoms with E-state index in [2.05, 4.69) is 4.99 Å². The normalized spacial score (nSPS) is 12.5. The van der Waals surface area contributed by atoms with Gasteiger partial charge in [0.15, 0.2) is 4.80 Å². The number of aromatic nitrogens is 1. The molecule has 0 aliphatic heterocycles. The Morgan fingerprint density at radius 2 is 1.70 bits per heavy atom. The number of fused-ring (bicyclic) bond motifs is 1. The van der Waals surface area contributed by atoms with Crippen LogP contribution in [0.4, 0.5) is 0 Å². The van der Waals surface area contributed by atoms with Crippen LogP contribution in [0.1, 0.15) is 37.0 Å². The zero-order valence-corrected chi connectivity index (χ0v) is 21.1. The Kier molecular flexibility index (Phi) is 7.93. The number of benzene rings is 2. The van der Waals surface area contributed by atoms with Crippen molar-refractivity contribution in [3.8, 4) is 11.5 Å². The summed E-state index contributed by atoms with van der Waals surface area (Å²) in [6.07, 6.45) is 1.47. The van der Waals surface area contributed by atoms with Gasteiger partial charge >= 0.3 is 0 Å². The predicted octanol–water partition coefficient (Wildman–Crippen LogP) is 3.81. The molecule has 1 amide bonds. The summed E-state index contributed by atoms with van der Waals surface area (Å²) in [6, 6.07) is 9.59. The molecule has 0 saturated heterocycles. The van der Waals surface area contributed by atoms with Crippen LogP contribution in [-0.4, -0.2) is 50.5 Å². The number of amides is 1. The number of nitrogens with zero attached hydrogens (tertiary/aromatic N) is 3. The molecule has 0 unspecified atom stereocenters. The zero-order valence-electron chi connectivity index (χ0n) is 19.5. The smallest absolute Gasteiger partial charge is 0.279 e. The number of carbonyl (C=O) groups is 1. The fourth-order valence-electron chi connectivity index (χ4n) is 3.52. The molecule has 0 atom stereocenters. The van der Waals surface area contributed by atoms with Crippen LogP contribution in [0.3, 0.4) is 0 Å². The van der Waals surface area contributed by atoms with Gasteiger partial charge in [0.05, 0.1) is 23.8 Å². The topological polar surface area (TPSA) is 90.2 Å². The highest BCUT2D eigenvalue weighted by molar-refractivity contribution is 7.89. The highest BCUT2D eigenvalue weighted by Gasteiger charge is 2.23. The van der Waals surface area contributed by atoms with Crippen molar-refractivity contribution in [3.05, 3.63) is 46.8 Å². The molecule has 1 heterocycles. The van der Waals surface area contributed by atoms with Gasteiger partial charge in [0.25, 0.3) is 5.91 Å². The molecule has 8 nitrogen and oxygen atoms in total. The summed E-state index contributed by atoms with van der Waals surface area (Å²) >= 11 is 1.34. The monoisotopic (exact) mass is 491 g/mol. The van der Waals surface area contributed by atoms with Crippen LogP contribution < -0.4 is 14.3 Å². The number of carbonyl (C=O) groups excluding carboxylic acids is 1. The molecule has 0 fully saturated rings. The second-order valence-corrected chi connectivity index (χ2v) is 10.4. The van der Waals surface area contributed by atoms with E-state index in [1.165, 1.54) is 39.9 Å². The molecule has 0 aliphatic rings. The maximum Gasteiger partial charge on any atom is 0.279 e. The lowest BCUT2D eigenvalue weighted by Crippen LogP contribution is -2.32. The molecule has 0 radical (unpaired) electrons. The van der Waals surface area contributed by atoms with E-state index in [1.807, 2.05) is 27.0 Å². The van der Waals surface area contributed by atoms with Crippen LogP contribution in [0.25, 0.3) is 10.2 Å². The SMILES string of the molecule is CCCN(CCC)S(=O)(=O)c1ccc(C(=O)N=c2sc3cc(OC)cc(OC)c3n2C)cc1. The molecule has 0 spiro atoms. The molecule has 10 heteroatoms. The largest absolute Gasteiger partial charge is 0.497 e. The molecular formula is C23H29N3O5S2. The number of hydrogen-bond donors (Lipinski definition) is 0. The van der Waals surface area contributed by atoms with E-state index < -0.39 is 15.9 Å². The summed E-state index contributed by atoms with van der Waals surface area (Å²) in [6.45, 7) is 4.81. The van der Waals surface area contributed by atoms with Gasteiger partial charge in [-0.1, -0.05) is 25.2 Å². The second kappa shape index (κ2) is 10.5. The minimum atomic E-state index is -3.60. The van der Waals surface area contributed by atoms with E-state index in [4.69, 9.17) is 9.47 Å². The fraction of sp³-hybridized carbons (Fsp3) is 0.391. The maximum atomic E-state index is 12.9. The second-order valence-electron chi connectivity index (χ2n) is 7.47. The first-order chi connectivity index (χ1) is 15.8. The van der Waals surface area contributed by atoms with Crippen molar-refractivity contribution in [1.29, 1.82) is 0 Å². The molecule has 178 valence electrons. The van der Waals surface area contributed by atoms with Crippen LogP contribution in [0, 0.1) is 0 Å². The van der Waals surface area contributed by atoms with Crippen molar-refractivity contribution in [2.75, 3.05) is 27.3 Å². The first-order valence-electron chi connectivity index (χ1n) is 10.7. The number of sulfonamides is 1. The number of methoxy groups -OCH3 is 2. The summed E-state index contributed by atoms with van der Waals surface area (Å²) in [4.78, 5) is 17.8. The number of thiazole rings is 1. The summed E-state index contributed by atoms with van der Waals surface area (Å²) in [5, 5.41) is 0. The number of ether oxygens (including phenoxy) is 2. The fourth-order valence-corrected chi connectivity index (χ4v) is 6.21. The Morgan fingerprint density at radius 3 is 2.24 bits per heavy atom. The molecule has 0 N–H and O–H groups in total. The van der Waals surface area contributed by atoms with Gasteiger partial charge in [0.1, 0.15) is 17.0 Å². The van der Waals surface area contributed by atoms with Gasteiger partial charge in [0.2, 0.25) is 10.0 Å². The average molecular weight is 492 g/mol. The average Bonchev–Trinajstić information content (AvgIpc) is 3.13. The number of rotatable bonds is 9. The molecule has 33 heavy (non-hydrogen) atoms. The first kappa shape index (κ1) is 24.9. The van der Waals surface area contributed by atoms with Gasteiger partial charge in [-0.3, -0.25) is 4.79 Å². The third kappa shape index (κ3) is 5.13. The lowest BCUT2D eigenvalue weighted by molar-refractivity contribution is 0.0998.